The monoisotopic (exact) mass is 80.1 g/mol. The van der Waals surface area contributed by atoms with Crippen LogP contribution in [0, 0.1) is 0 Å². The second kappa shape index (κ2) is 117. The molecular formula is H9AlN2O. The standard InChI is InChI=1S/Al.H4N2.H2O.3H/c;1-2;;;;/h;1-2H2;1H2;;;. The van der Waals surface area contributed by atoms with E-state index in [2.05, 4.69) is 11.7 Å². The predicted octanol–water partition coefficient (Wildman–Crippen LogP) is -3.19. The van der Waals surface area contributed by atoms with Crippen molar-refractivity contribution in [1.82, 2.24) is 0 Å². The molecule has 0 aromatic heterocycles. The summed E-state index contributed by atoms with van der Waals surface area (Å²) in [4.78, 5) is 0. The van der Waals surface area contributed by atoms with Gasteiger partial charge in [-0.3, -0.25) is 11.7 Å². The molecule has 0 heterocycles. The van der Waals surface area contributed by atoms with E-state index >= 15 is 0 Å². The molecule has 0 aliphatic heterocycles. The highest BCUT2D eigenvalue weighted by molar-refractivity contribution is 5.75. The molecule has 0 aromatic carbocycles. The summed E-state index contributed by atoms with van der Waals surface area (Å²) in [5, 5.41) is 0. The van der Waals surface area contributed by atoms with Crippen molar-refractivity contribution in [1.29, 1.82) is 0 Å². The van der Waals surface area contributed by atoms with Gasteiger partial charge in [-0.05, 0) is 0 Å². The molecule has 3 nitrogen and oxygen atoms in total. The zero-order valence-electron chi connectivity index (χ0n) is 1.65. The minimum absolute atomic E-state index is 0. The van der Waals surface area contributed by atoms with Crippen LogP contribution >= 0.6 is 0 Å². The Morgan fingerprint density at radius 2 is 1.00 bits per heavy atom. The summed E-state index contributed by atoms with van der Waals surface area (Å²) in [5.41, 5.74) is 0. The molecule has 0 aromatic rings. The van der Waals surface area contributed by atoms with Gasteiger partial charge < -0.3 is 5.48 Å². The molecule has 0 radical (unpaired) electrons. The SMILES string of the molecule is NN.O.[AlH3]. The van der Waals surface area contributed by atoms with Crippen LogP contribution in [-0.4, -0.2) is 22.8 Å². The maximum Gasteiger partial charge on any atom is 0.187 e. The van der Waals surface area contributed by atoms with Crippen LogP contribution in [0.15, 0.2) is 0 Å². The minimum Gasteiger partial charge on any atom is -0.412 e. The normalized spacial score (nSPS) is 1.50. The Morgan fingerprint density at radius 1 is 1.00 bits per heavy atom. The van der Waals surface area contributed by atoms with Crippen molar-refractivity contribution in [2.45, 2.75) is 0 Å². The topological polar surface area (TPSA) is 83.5 Å². The van der Waals surface area contributed by atoms with E-state index in [1.165, 1.54) is 0 Å². The van der Waals surface area contributed by atoms with E-state index in [4.69, 9.17) is 0 Å². The van der Waals surface area contributed by atoms with E-state index in [0.29, 0.717) is 0 Å². The number of hydrogen-bond donors (Lipinski definition) is 2. The van der Waals surface area contributed by atoms with Gasteiger partial charge in [-0.25, -0.2) is 0 Å². The van der Waals surface area contributed by atoms with Crippen molar-refractivity contribution >= 4 is 17.4 Å². The maximum absolute atomic E-state index is 4.00. The van der Waals surface area contributed by atoms with E-state index in [9.17, 15) is 0 Å². The van der Waals surface area contributed by atoms with Crippen LogP contribution in [0.3, 0.4) is 0 Å². The van der Waals surface area contributed by atoms with E-state index in [1.54, 1.807) is 0 Å². The van der Waals surface area contributed by atoms with Gasteiger partial charge in [0.05, 0.1) is 0 Å². The molecule has 28 valence electrons. The minimum atomic E-state index is 0. The second-order valence-electron chi connectivity index (χ2n) is 0. The average Bonchev–Trinajstić information content (AvgIpc) is 1.00. The fourth-order valence-electron chi connectivity index (χ4n) is 0. The van der Waals surface area contributed by atoms with Gasteiger partial charge in [0, 0.05) is 0 Å². The van der Waals surface area contributed by atoms with Crippen molar-refractivity contribution in [2.24, 2.45) is 11.7 Å². The highest BCUT2D eigenvalue weighted by Crippen LogP contribution is -0.0190. The van der Waals surface area contributed by atoms with Crippen molar-refractivity contribution in [2.75, 3.05) is 0 Å². The van der Waals surface area contributed by atoms with E-state index in [0.717, 1.165) is 0 Å². The van der Waals surface area contributed by atoms with Gasteiger partial charge in [0.15, 0.2) is 17.4 Å². The summed E-state index contributed by atoms with van der Waals surface area (Å²) < 4.78 is 0. The first-order valence-corrected chi connectivity index (χ1v) is 0.333. The first-order valence-electron chi connectivity index (χ1n) is 0.333. The van der Waals surface area contributed by atoms with Crippen LogP contribution in [0.5, 0.6) is 0 Å². The Balaban J connectivity index is -0.00000000500. The van der Waals surface area contributed by atoms with Crippen LogP contribution in [0.2, 0.25) is 0 Å². The van der Waals surface area contributed by atoms with Crippen molar-refractivity contribution in [3.8, 4) is 0 Å². The van der Waals surface area contributed by atoms with Gasteiger partial charge in [-0.2, -0.15) is 0 Å². The lowest BCUT2D eigenvalue weighted by Crippen LogP contribution is -2.02. The molecular weight excluding hydrogens is 71.0 g/mol. The Labute approximate surface area is 35.4 Å². The fraction of sp³-hybridized carbons (Fsp3) is 0. The molecule has 0 fully saturated rings. The lowest BCUT2D eigenvalue weighted by atomic mass is 13.0. The zero-order valence-corrected chi connectivity index (χ0v) is 1.65. The molecule has 4 heteroatoms. The summed E-state index contributed by atoms with van der Waals surface area (Å²) in [5.74, 6) is 8.00. The molecule has 0 unspecified atom stereocenters. The molecule has 0 spiro atoms. The third-order valence-corrected chi connectivity index (χ3v) is 0. The molecule has 0 aliphatic carbocycles. The van der Waals surface area contributed by atoms with Gasteiger partial charge >= 0.3 is 0 Å². The first-order chi connectivity index (χ1) is 1.00. The molecule has 0 aliphatic rings. The average molecular weight is 80.1 g/mol. The Bertz CT molecular complexity index is 6.00. The lowest BCUT2D eigenvalue weighted by Gasteiger charge is -1.27. The third kappa shape index (κ3) is 28.3. The number of hydrazine groups is 1. The van der Waals surface area contributed by atoms with Crippen molar-refractivity contribution in [3.05, 3.63) is 0 Å². The molecule has 6 N–H and O–H groups in total. The summed E-state index contributed by atoms with van der Waals surface area (Å²) in [6.07, 6.45) is 0. The van der Waals surface area contributed by atoms with Crippen LogP contribution < -0.4 is 11.7 Å². The molecule has 0 bridgehead atoms. The summed E-state index contributed by atoms with van der Waals surface area (Å²) in [6, 6.07) is 0. The van der Waals surface area contributed by atoms with Gasteiger partial charge in [0.1, 0.15) is 0 Å². The van der Waals surface area contributed by atoms with Gasteiger partial charge in [-0.15, -0.1) is 0 Å². The third-order valence-electron chi connectivity index (χ3n) is 0. The first kappa shape index (κ1) is 25.8. The molecule has 0 rings (SSSR count). The second-order valence-corrected chi connectivity index (χ2v) is 0. The Morgan fingerprint density at radius 3 is 1.00 bits per heavy atom. The number of hydrogen-bond acceptors (Lipinski definition) is 2. The number of rotatable bonds is 0. The molecule has 0 amide bonds. The Kier molecular flexibility index (Phi) is 752. The van der Waals surface area contributed by atoms with Crippen molar-refractivity contribution < 1.29 is 5.48 Å². The number of nitrogens with two attached hydrogens (primary N) is 2. The van der Waals surface area contributed by atoms with E-state index < -0.39 is 0 Å². The fourth-order valence-corrected chi connectivity index (χ4v) is 0. The van der Waals surface area contributed by atoms with Crippen LogP contribution in [-0.2, 0) is 0 Å². The zero-order chi connectivity index (χ0) is 2.00. The molecule has 0 saturated heterocycles. The van der Waals surface area contributed by atoms with E-state index in [-0.39, 0.29) is 22.8 Å². The molecule has 0 atom stereocenters. The van der Waals surface area contributed by atoms with Gasteiger partial charge in [0.25, 0.3) is 0 Å². The van der Waals surface area contributed by atoms with E-state index in [1.807, 2.05) is 0 Å². The van der Waals surface area contributed by atoms with Crippen molar-refractivity contribution in [3.63, 3.8) is 0 Å². The predicted molar refractivity (Wildman–Crippen MR) is 21.9 cm³/mol. The van der Waals surface area contributed by atoms with Gasteiger partial charge in [-0.1, -0.05) is 0 Å². The van der Waals surface area contributed by atoms with Gasteiger partial charge in [0.2, 0.25) is 0 Å². The summed E-state index contributed by atoms with van der Waals surface area (Å²) in [7, 11) is 0. The molecule has 0 saturated carbocycles. The summed E-state index contributed by atoms with van der Waals surface area (Å²) in [6.45, 7) is 0. The highest BCUT2D eigenvalue weighted by atomic mass is 27.0. The highest BCUT2D eigenvalue weighted by Gasteiger charge is 0.726. The Hall–Kier alpha value is 0.412. The summed E-state index contributed by atoms with van der Waals surface area (Å²) >= 11 is 0. The van der Waals surface area contributed by atoms with Crippen LogP contribution in [0.25, 0.3) is 0 Å². The van der Waals surface area contributed by atoms with Crippen LogP contribution in [0.4, 0.5) is 0 Å². The molecule has 4 heavy (non-hydrogen) atoms. The quantitative estimate of drug-likeness (QED) is 0.182. The largest absolute Gasteiger partial charge is 0.412 e. The smallest absolute Gasteiger partial charge is 0.187 e. The van der Waals surface area contributed by atoms with Crippen LogP contribution in [0.1, 0.15) is 0 Å². The lowest BCUT2D eigenvalue weighted by molar-refractivity contribution is 0.824. The maximum atomic E-state index is 4.00.